The normalized spacial score (nSPS) is 12.9. The molecule has 0 saturated carbocycles. The summed E-state index contributed by atoms with van der Waals surface area (Å²) in [6.07, 6.45) is 1.39. The van der Waals surface area contributed by atoms with E-state index in [4.69, 9.17) is 15.4 Å². The highest BCUT2D eigenvalue weighted by molar-refractivity contribution is 8.13. The summed E-state index contributed by atoms with van der Waals surface area (Å²) in [6.45, 7) is 3.79. The van der Waals surface area contributed by atoms with Gasteiger partial charge in [0.15, 0.2) is 5.75 Å². The lowest BCUT2D eigenvalue weighted by atomic mass is 10.1. The van der Waals surface area contributed by atoms with E-state index in [0.29, 0.717) is 6.42 Å². The molecule has 1 rings (SSSR count). The van der Waals surface area contributed by atoms with Crippen molar-refractivity contribution in [3.05, 3.63) is 33.9 Å². The third kappa shape index (κ3) is 6.31. The third-order valence-corrected chi connectivity index (χ3v) is 4.17. The number of nitro benzene ring substituents is 1. The molecule has 1 unspecified atom stereocenters. The molecule has 0 N–H and O–H groups in total. The maximum Gasteiger partial charge on any atom is 0.310 e. The molecule has 1 aromatic rings. The molecule has 0 radical (unpaired) electrons. The van der Waals surface area contributed by atoms with Crippen LogP contribution in [0.15, 0.2) is 18.2 Å². The second-order valence-electron chi connectivity index (χ2n) is 4.90. The maximum atomic E-state index is 11.2. The molecule has 0 bridgehead atoms. The molecule has 0 aliphatic rings. The lowest BCUT2D eigenvalue weighted by molar-refractivity contribution is -0.385. The van der Waals surface area contributed by atoms with Gasteiger partial charge in [0.1, 0.15) is 0 Å². The monoisotopic (exact) mass is 335 g/mol. The number of benzene rings is 1. The Morgan fingerprint density at radius 2 is 2.10 bits per heavy atom. The molecule has 6 nitrogen and oxygen atoms in total. The van der Waals surface area contributed by atoms with E-state index >= 15 is 0 Å². The van der Waals surface area contributed by atoms with Crippen molar-refractivity contribution < 1.29 is 18.1 Å². The van der Waals surface area contributed by atoms with Gasteiger partial charge in [0.05, 0.1) is 17.3 Å². The van der Waals surface area contributed by atoms with Crippen LogP contribution in [-0.2, 0) is 9.05 Å². The van der Waals surface area contributed by atoms with E-state index < -0.39 is 14.0 Å². The molecule has 1 aromatic carbocycles. The van der Waals surface area contributed by atoms with E-state index in [2.05, 4.69) is 0 Å². The van der Waals surface area contributed by atoms with E-state index in [1.165, 1.54) is 6.07 Å². The molecule has 118 valence electrons. The van der Waals surface area contributed by atoms with Gasteiger partial charge in [-0.15, -0.1) is 0 Å². The summed E-state index contributed by atoms with van der Waals surface area (Å²) < 4.78 is 27.8. The largest absolute Gasteiger partial charge is 0.486 e. The van der Waals surface area contributed by atoms with Crippen LogP contribution in [0.3, 0.4) is 0 Å². The van der Waals surface area contributed by atoms with Gasteiger partial charge >= 0.3 is 5.69 Å². The lowest BCUT2D eigenvalue weighted by Gasteiger charge is -2.15. The summed E-state index contributed by atoms with van der Waals surface area (Å²) in [5, 5.41) is 10.9. The Balaban J connectivity index is 2.84. The molecule has 8 heteroatoms. The zero-order valence-electron chi connectivity index (χ0n) is 11.9. The average Bonchev–Trinajstić information content (AvgIpc) is 2.34. The fourth-order valence-electron chi connectivity index (χ4n) is 2.00. The van der Waals surface area contributed by atoms with Crippen molar-refractivity contribution >= 4 is 25.4 Å². The first-order valence-corrected chi connectivity index (χ1v) is 9.01. The van der Waals surface area contributed by atoms with Gasteiger partial charge in [-0.1, -0.05) is 19.4 Å². The van der Waals surface area contributed by atoms with Crippen molar-refractivity contribution in [2.75, 3.05) is 12.4 Å². The predicted molar refractivity (Wildman–Crippen MR) is 81.4 cm³/mol. The van der Waals surface area contributed by atoms with Gasteiger partial charge in [-0.3, -0.25) is 10.1 Å². The van der Waals surface area contributed by atoms with Crippen molar-refractivity contribution in [1.29, 1.82) is 0 Å². The first kappa shape index (κ1) is 17.7. The van der Waals surface area contributed by atoms with Crippen LogP contribution in [0.2, 0.25) is 0 Å². The quantitative estimate of drug-likeness (QED) is 0.413. The van der Waals surface area contributed by atoms with Crippen molar-refractivity contribution in [3.63, 3.8) is 0 Å². The Labute approximate surface area is 128 Å². The molecule has 0 aromatic heterocycles. The second-order valence-corrected chi connectivity index (χ2v) is 7.72. The Hall–Kier alpha value is -1.34. The van der Waals surface area contributed by atoms with Crippen LogP contribution in [0.5, 0.6) is 5.75 Å². The highest BCUT2D eigenvalue weighted by Crippen LogP contribution is 2.28. The number of halogens is 1. The number of nitro groups is 1. The Kier molecular flexibility index (Phi) is 6.42. The molecular weight excluding hydrogens is 318 g/mol. The fourth-order valence-corrected chi connectivity index (χ4v) is 3.36. The highest BCUT2D eigenvalue weighted by Gasteiger charge is 2.20. The van der Waals surface area contributed by atoms with Crippen LogP contribution in [0, 0.1) is 23.0 Å². The summed E-state index contributed by atoms with van der Waals surface area (Å²) in [4.78, 5) is 10.4. The standard InChI is InChI=1S/C13H18ClNO5S/c1-3-4-11(9-21(14,18)19)8-20-13-7-10(2)5-6-12(13)15(16)17/h5-7,11H,3-4,8-9H2,1-2H3. The van der Waals surface area contributed by atoms with Crippen molar-refractivity contribution in [2.24, 2.45) is 5.92 Å². The van der Waals surface area contributed by atoms with Gasteiger partial charge in [0.25, 0.3) is 0 Å². The fraction of sp³-hybridized carbons (Fsp3) is 0.538. The predicted octanol–water partition coefficient (Wildman–Crippen LogP) is 3.27. The molecule has 1 atom stereocenters. The van der Waals surface area contributed by atoms with Gasteiger partial charge in [-0.2, -0.15) is 0 Å². The van der Waals surface area contributed by atoms with Crippen LogP contribution in [-0.4, -0.2) is 25.7 Å². The van der Waals surface area contributed by atoms with Crippen LogP contribution >= 0.6 is 10.7 Å². The van der Waals surface area contributed by atoms with Crippen LogP contribution in [0.4, 0.5) is 5.69 Å². The topological polar surface area (TPSA) is 86.5 Å². The molecule has 0 saturated heterocycles. The van der Waals surface area contributed by atoms with Crippen LogP contribution in [0.25, 0.3) is 0 Å². The molecule has 0 spiro atoms. The van der Waals surface area contributed by atoms with Crippen molar-refractivity contribution in [3.8, 4) is 5.75 Å². The van der Waals surface area contributed by atoms with Gasteiger partial charge in [0, 0.05) is 22.7 Å². The summed E-state index contributed by atoms with van der Waals surface area (Å²) in [6, 6.07) is 4.56. The van der Waals surface area contributed by atoms with E-state index in [1.54, 1.807) is 19.1 Å². The number of aryl methyl sites for hydroxylation is 1. The molecular formula is C13H18ClNO5S. The smallest absolute Gasteiger partial charge is 0.310 e. The third-order valence-electron chi connectivity index (χ3n) is 2.92. The molecule has 0 aliphatic heterocycles. The molecule has 0 aliphatic carbocycles. The molecule has 21 heavy (non-hydrogen) atoms. The summed E-state index contributed by atoms with van der Waals surface area (Å²) in [5.41, 5.74) is 0.692. The average molecular weight is 336 g/mol. The molecule has 0 amide bonds. The zero-order chi connectivity index (χ0) is 16.0. The second kappa shape index (κ2) is 7.61. The lowest BCUT2D eigenvalue weighted by Crippen LogP contribution is -2.20. The van der Waals surface area contributed by atoms with Gasteiger partial charge in [-0.25, -0.2) is 8.42 Å². The molecule has 0 fully saturated rings. The minimum Gasteiger partial charge on any atom is -0.486 e. The summed E-state index contributed by atoms with van der Waals surface area (Å²) >= 11 is 0. The van der Waals surface area contributed by atoms with E-state index in [-0.39, 0.29) is 29.7 Å². The Morgan fingerprint density at radius 1 is 1.43 bits per heavy atom. The minimum absolute atomic E-state index is 0.0735. The summed E-state index contributed by atoms with van der Waals surface area (Å²) in [5.74, 6) is -0.354. The number of ether oxygens (including phenoxy) is 1. The number of nitrogens with zero attached hydrogens (tertiary/aromatic N) is 1. The van der Waals surface area contributed by atoms with Crippen molar-refractivity contribution in [2.45, 2.75) is 26.7 Å². The minimum atomic E-state index is -3.63. The first-order chi connectivity index (χ1) is 9.73. The summed E-state index contributed by atoms with van der Waals surface area (Å²) in [7, 11) is 1.63. The SMILES string of the molecule is CCCC(COc1cc(C)ccc1[N+](=O)[O-])CS(=O)(=O)Cl. The Morgan fingerprint density at radius 3 is 2.62 bits per heavy atom. The Bertz CT molecular complexity index is 603. The number of hydrogen-bond donors (Lipinski definition) is 0. The highest BCUT2D eigenvalue weighted by atomic mass is 35.7. The van der Waals surface area contributed by atoms with E-state index in [1.807, 2.05) is 6.92 Å². The number of hydrogen-bond acceptors (Lipinski definition) is 5. The van der Waals surface area contributed by atoms with E-state index in [9.17, 15) is 18.5 Å². The van der Waals surface area contributed by atoms with Crippen LogP contribution in [0.1, 0.15) is 25.3 Å². The molecule has 0 heterocycles. The zero-order valence-corrected chi connectivity index (χ0v) is 13.5. The number of rotatable bonds is 8. The van der Waals surface area contributed by atoms with E-state index in [0.717, 1.165) is 12.0 Å². The van der Waals surface area contributed by atoms with Crippen LogP contribution < -0.4 is 4.74 Å². The van der Waals surface area contributed by atoms with Gasteiger partial charge < -0.3 is 4.74 Å². The van der Waals surface area contributed by atoms with Gasteiger partial charge in [-0.05, 0) is 25.0 Å². The van der Waals surface area contributed by atoms with Gasteiger partial charge in [0.2, 0.25) is 9.05 Å². The maximum absolute atomic E-state index is 11.2. The first-order valence-electron chi connectivity index (χ1n) is 6.53. The van der Waals surface area contributed by atoms with Crippen molar-refractivity contribution in [1.82, 2.24) is 0 Å².